The number of benzene rings is 1. The van der Waals surface area contributed by atoms with Crippen LogP contribution in [-0.2, 0) is 19.1 Å². The number of likely N-dealkylation sites (tertiary alicyclic amines) is 1. The average molecular weight is 442 g/mol. The van der Waals surface area contributed by atoms with Gasteiger partial charge in [0.1, 0.15) is 11.6 Å². The van der Waals surface area contributed by atoms with Crippen molar-refractivity contribution in [3.63, 3.8) is 0 Å². The van der Waals surface area contributed by atoms with Gasteiger partial charge in [-0.15, -0.1) is 0 Å². The van der Waals surface area contributed by atoms with E-state index in [9.17, 15) is 14.4 Å². The molecule has 2 unspecified atom stereocenters. The first-order valence-corrected chi connectivity index (χ1v) is 11.8. The standard InChI is InChI=1S/C25H35N3O4/c1-16-14-28(20-8-9-21(29)26-24(20)31)19-7-5-6-18(23(16)19)17-10-12-27(13-11-17)15-22(30)32-25(2,3)4/h5-7,16-17,20H,8-15H2,1-4H3,(H,26,29,31). The van der Waals surface area contributed by atoms with Crippen molar-refractivity contribution in [2.45, 2.75) is 76.9 Å². The second-order valence-corrected chi connectivity index (χ2v) is 10.4. The Kier molecular flexibility index (Phi) is 6.30. The van der Waals surface area contributed by atoms with Gasteiger partial charge in [0.15, 0.2) is 0 Å². The SMILES string of the molecule is CC1CN(C2CCC(=O)NC2=O)c2cccc(C3CCN(CC(=O)OC(C)(C)C)CC3)c21. The van der Waals surface area contributed by atoms with Crippen LogP contribution in [0.1, 0.15) is 76.3 Å². The number of rotatable bonds is 4. The molecule has 7 heteroatoms. The highest BCUT2D eigenvalue weighted by Crippen LogP contribution is 2.44. The van der Waals surface area contributed by atoms with Crippen molar-refractivity contribution in [1.82, 2.24) is 10.2 Å². The largest absolute Gasteiger partial charge is 0.459 e. The summed E-state index contributed by atoms with van der Waals surface area (Å²) in [5.41, 5.74) is 3.41. The molecule has 4 rings (SSSR count). The van der Waals surface area contributed by atoms with E-state index in [0.717, 1.165) is 38.2 Å². The predicted molar refractivity (Wildman–Crippen MR) is 123 cm³/mol. The number of hydrogen-bond acceptors (Lipinski definition) is 6. The van der Waals surface area contributed by atoms with Crippen LogP contribution >= 0.6 is 0 Å². The smallest absolute Gasteiger partial charge is 0.320 e. The molecule has 3 aliphatic heterocycles. The van der Waals surface area contributed by atoms with Crippen LogP contribution in [0.5, 0.6) is 0 Å². The molecule has 174 valence electrons. The Morgan fingerprint density at radius 2 is 1.88 bits per heavy atom. The van der Waals surface area contributed by atoms with Gasteiger partial charge < -0.3 is 9.64 Å². The highest BCUT2D eigenvalue weighted by Gasteiger charge is 2.39. The van der Waals surface area contributed by atoms with E-state index >= 15 is 0 Å². The molecular formula is C25H35N3O4. The van der Waals surface area contributed by atoms with Gasteiger partial charge in [-0.1, -0.05) is 19.1 Å². The van der Waals surface area contributed by atoms with E-state index in [4.69, 9.17) is 4.74 Å². The van der Waals surface area contributed by atoms with E-state index < -0.39 is 5.60 Å². The van der Waals surface area contributed by atoms with Crippen molar-refractivity contribution in [3.05, 3.63) is 29.3 Å². The van der Waals surface area contributed by atoms with E-state index in [-0.39, 0.29) is 23.8 Å². The fourth-order valence-electron chi connectivity index (χ4n) is 5.43. The molecule has 7 nitrogen and oxygen atoms in total. The van der Waals surface area contributed by atoms with Gasteiger partial charge in [-0.25, -0.2) is 0 Å². The lowest BCUT2D eigenvalue weighted by molar-refractivity contribution is -0.156. The Balaban J connectivity index is 1.44. The summed E-state index contributed by atoms with van der Waals surface area (Å²) >= 11 is 0. The van der Waals surface area contributed by atoms with E-state index in [1.807, 2.05) is 20.8 Å². The van der Waals surface area contributed by atoms with Crippen LogP contribution in [0.15, 0.2) is 18.2 Å². The fourth-order valence-corrected chi connectivity index (χ4v) is 5.43. The molecule has 3 aliphatic rings. The molecule has 0 radical (unpaired) electrons. The third-order valence-electron chi connectivity index (χ3n) is 6.78. The molecule has 0 aliphatic carbocycles. The number of carbonyl (C=O) groups excluding carboxylic acids is 3. The van der Waals surface area contributed by atoms with Crippen LogP contribution in [0.25, 0.3) is 0 Å². The molecule has 1 N–H and O–H groups in total. The Labute approximate surface area is 190 Å². The molecule has 2 amide bonds. The van der Waals surface area contributed by atoms with E-state index in [2.05, 4.69) is 40.2 Å². The minimum Gasteiger partial charge on any atom is -0.459 e. The van der Waals surface area contributed by atoms with Gasteiger partial charge in [0, 0.05) is 24.6 Å². The molecule has 2 fully saturated rings. The number of imide groups is 1. The number of nitrogens with one attached hydrogen (secondary N) is 1. The first-order valence-electron chi connectivity index (χ1n) is 11.8. The molecule has 1 aromatic carbocycles. The zero-order valence-electron chi connectivity index (χ0n) is 19.6. The van der Waals surface area contributed by atoms with Crippen LogP contribution in [0.3, 0.4) is 0 Å². The van der Waals surface area contributed by atoms with Crippen LogP contribution in [0.2, 0.25) is 0 Å². The average Bonchev–Trinajstić information content (AvgIpc) is 3.04. The summed E-state index contributed by atoms with van der Waals surface area (Å²) in [4.78, 5) is 40.6. The number of ether oxygens (including phenoxy) is 1. The minimum absolute atomic E-state index is 0.162. The van der Waals surface area contributed by atoms with Crippen LogP contribution in [0, 0.1) is 0 Å². The molecule has 0 saturated carbocycles. The van der Waals surface area contributed by atoms with Gasteiger partial charge in [0.25, 0.3) is 0 Å². The number of piperidine rings is 2. The minimum atomic E-state index is -0.454. The number of anilines is 1. The highest BCUT2D eigenvalue weighted by molar-refractivity contribution is 6.02. The van der Waals surface area contributed by atoms with Crippen molar-refractivity contribution in [2.24, 2.45) is 0 Å². The van der Waals surface area contributed by atoms with Crippen molar-refractivity contribution in [1.29, 1.82) is 0 Å². The molecule has 0 bridgehead atoms. The fraction of sp³-hybridized carbons (Fsp3) is 0.640. The highest BCUT2D eigenvalue weighted by atomic mass is 16.6. The maximum absolute atomic E-state index is 12.5. The van der Waals surface area contributed by atoms with Crippen LogP contribution in [0.4, 0.5) is 5.69 Å². The zero-order valence-corrected chi connectivity index (χ0v) is 19.6. The zero-order chi connectivity index (χ0) is 23.0. The van der Waals surface area contributed by atoms with Gasteiger partial charge in [-0.05, 0) is 76.2 Å². The molecule has 0 spiro atoms. The summed E-state index contributed by atoms with van der Waals surface area (Å²) in [6.07, 6.45) is 2.98. The Hall–Kier alpha value is -2.41. The molecule has 0 aromatic heterocycles. The second kappa shape index (κ2) is 8.85. The Morgan fingerprint density at radius 1 is 1.16 bits per heavy atom. The van der Waals surface area contributed by atoms with Gasteiger partial charge in [0.05, 0.1) is 6.54 Å². The van der Waals surface area contributed by atoms with E-state index in [1.165, 1.54) is 11.1 Å². The summed E-state index contributed by atoms with van der Waals surface area (Å²) in [6, 6.07) is 6.17. The second-order valence-electron chi connectivity index (χ2n) is 10.4. The maximum Gasteiger partial charge on any atom is 0.320 e. The molecule has 1 aromatic rings. The van der Waals surface area contributed by atoms with Gasteiger partial charge in [-0.3, -0.25) is 24.6 Å². The number of nitrogens with zero attached hydrogens (tertiary/aromatic N) is 2. The van der Waals surface area contributed by atoms with Gasteiger partial charge in [-0.2, -0.15) is 0 Å². The summed E-state index contributed by atoms with van der Waals surface area (Å²) in [6.45, 7) is 10.8. The summed E-state index contributed by atoms with van der Waals surface area (Å²) in [7, 11) is 0. The van der Waals surface area contributed by atoms with Crippen molar-refractivity contribution in [2.75, 3.05) is 31.1 Å². The van der Waals surface area contributed by atoms with Gasteiger partial charge >= 0.3 is 5.97 Å². The lowest BCUT2D eigenvalue weighted by Crippen LogP contribution is -2.52. The van der Waals surface area contributed by atoms with E-state index in [1.54, 1.807) is 0 Å². The lowest BCUT2D eigenvalue weighted by Gasteiger charge is -2.34. The van der Waals surface area contributed by atoms with Crippen molar-refractivity contribution in [3.8, 4) is 0 Å². The number of esters is 1. The lowest BCUT2D eigenvalue weighted by atomic mass is 9.83. The monoisotopic (exact) mass is 441 g/mol. The quantitative estimate of drug-likeness (QED) is 0.572. The van der Waals surface area contributed by atoms with Crippen molar-refractivity contribution < 1.29 is 19.1 Å². The summed E-state index contributed by atoms with van der Waals surface area (Å²) in [5, 5.41) is 2.50. The molecule has 2 saturated heterocycles. The van der Waals surface area contributed by atoms with Crippen LogP contribution < -0.4 is 10.2 Å². The molecule has 2 atom stereocenters. The van der Waals surface area contributed by atoms with E-state index in [0.29, 0.717) is 31.2 Å². The molecule has 3 heterocycles. The first kappa shape index (κ1) is 22.8. The molecule has 32 heavy (non-hydrogen) atoms. The summed E-state index contributed by atoms with van der Waals surface area (Å²) < 4.78 is 5.47. The van der Waals surface area contributed by atoms with Crippen LogP contribution in [-0.4, -0.2) is 60.5 Å². The number of carbonyl (C=O) groups is 3. The maximum atomic E-state index is 12.5. The normalized spacial score (nSPS) is 24.9. The Morgan fingerprint density at radius 3 is 2.53 bits per heavy atom. The van der Waals surface area contributed by atoms with Crippen molar-refractivity contribution >= 4 is 23.5 Å². The third kappa shape index (κ3) is 4.82. The Bertz CT molecular complexity index is 899. The topological polar surface area (TPSA) is 79.0 Å². The third-order valence-corrected chi connectivity index (χ3v) is 6.78. The number of fused-ring (bicyclic) bond motifs is 1. The number of amides is 2. The van der Waals surface area contributed by atoms with Gasteiger partial charge in [0.2, 0.25) is 11.8 Å². The predicted octanol–water partition coefficient (Wildman–Crippen LogP) is 2.94. The molecular weight excluding hydrogens is 406 g/mol. The summed E-state index contributed by atoms with van der Waals surface area (Å²) in [5.74, 6) is 0.272. The number of hydrogen-bond donors (Lipinski definition) is 1. The first-order chi connectivity index (χ1) is 15.1.